The van der Waals surface area contributed by atoms with Gasteiger partial charge in [-0.2, -0.15) is 0 Å². The molecule has 0 aliphatic carbocycles. The zero-order chi connectivity index (χ0) is 26.7. The normalized spacial score (nSPS) is 17.6. The second-order valence-electron chi connectivity index (χ2n) is 10.1. The van der Waals surface area contributed by atoms with E-state index in [1.165, 1.54) is 5.69 Å². The lowest BCUT2D eigenvalue weighted by Crippen LogP contribution is -2.31. The molecule has 2 aromatic carbocycles. The summed E-state index contributed by atoms with van der Waals surface area (Å²) in [5.74, 6) is 1.33. The molecule has 2 aromatic rings. The molecule has 0 bridgehead atoms. The number of rotatable bonds is 12. The highest BCUT2D eigenvalue weighted by molar-refractivity contribution is 6.00. The van der Waals surface area contributed by atoms with E-state index >= 15 is 0 Å². The number of allylic oxidation sites excluding steroid dienone is 2. The number of amides is 1. The number of fused-ring (bicyclic) bond motifs is 1. The van der Waals surface area contributed by atoms with E-state index < -0.39 is 0 Å². The van der Waals surface area contributed by atoms with Gasteiger partial charge >= 0.3 is 0 Å². The van der Waals surface area contributed by atoms with Crippen LogP contribution in [0.4, 0.5) is 5.69 Å². The number of ether oxygens (including phenoxy) is 3. The molecule has 0 radical (unpaired) electrons. The maximum Gasteiger partial charge on any atom is 0.251 e. The first-order valence-electron chi connectivity index (χ1n) is 14.0. The van der Waals surface area contributed by atoms with E-state index in [0.29, 0.717) is 25.6 Å². The van der Waals surface area contributed by atoms with E-state index in [0.717, 1.165) is 85.9 Å². The second-order valence-corrected chi connectivity index (χ2v) is 10.1. The Bertz CT molecular complexity index is 1120. The van der Waals surface area contributed by atoms with Gasteiger partial charge in [-0.3, -0.25) is 4.79 Å². The summed E-state index contributed by atoms with van der Waals surface area (Å²) in [5, 5.41) is 3.02. The van der Waals surface area contributed by atoms with Crippen molar-refractivity contribution in [3.05, 3.63) is 65.4 Å². The minimum absolute atomic E-state index is 0.0248. The van der Waals surface area contributed by atoms with Crippen LogP contribution < -0.4 is 15.0 Å². The molecule has 0 spiro atoms. The summed E-state index contributed by atoms with van der Waals surface area (Å²) in [6.45, 7) is 11.3. The summed E-state index contributed by atoms with van der Waals surface area (Å²) in [6.07, 6.45) is 8.00. The molecule has 2 heterocycles. The van der Waals surface area contributed by atoms with Gasteiger partial charge in [-0.15, -0.1) is 0 Å². The number of unbranched alkanes of at least 4 members (excludes halogenated alkanes) is 1. The van der Waals surface area contributed by atoms with Crippen molar-refractivity contribution >= 4 is 17.7 Å². The van der Waals surface area contributed by atoms with Crippen molar-refractivity contribution in [3.8, 4) is 16.9 Å². The Labute approximate surface area is 227 Å². The topological polar surface area (TPSA) is 60.0 Å². The van der Waals surface area contributed by atoms with Crippen LogP contribution >= 0.6 is 0 Å². The molecule has 1 amide bonds. The van der Waals surface area contributed by atoms with E-state index in [2.05, 4.69) is 53.5 Å². The fourth-order valence-electron chi connectivity index (χ4n) is 4.82. The highest BCUT2D eigenvalue weighted by atomic mass is 16.5. The van der Waals surface area contributed by atoms with Crippen molar-refractivity contribution in [1.29, 1.82) is 0 Å². The molecular weight excluding hydrogens is 476 g/mol. The second kappa shape index (κ2) is 14.2. The smallest absolute Gasteiger partial charge is 0.251 e. The Balaban J connectivity index is 1.52. The van der Waals surface area contributed by atoms with Crippen molar-refractivity contribution in [3.63, 3.8) is 0 Å². The molecule has 204 valence electrons. The molecule has 4 rings (SSSR count). The van der Waals surface area contributed by atoms with Gasteiger partial charge in [-0.05, 0) is 80.1 Å². The Morgan fingerprint density at radius 3 is 2.68 bits per heavy atom. The lowest BCUT2D eigenvalue weighted by Gasteiger charge is -2.28. The van der Waals surface area contributed by atoms with Crippen LogP contribution in [0.2, 0.25) is 0 Å². The van der Waals surface area contributed by atoms with E-state index in [1.807, 2.05) is 32.1 Å². The van der Waals surface area contributed by atoms with Crippen molar-refractivity contribution < 1.29 is 19.0 Å². The van der Waals surface area contributed by atoms with Gasteiger partial charge in [0.15, 0.2) is 0 Å². The van der Waals surface area contributed by atoms with Gasteiger partial charge in [0.25, 0.3) is 5.91 Å². The van der Waals surface area contributed by atoms with Crippen LogP contribution in [0.5, 0.6) is 5.75 Å². The van der Waals surface area contributed by atoms with Crippen LogP contribution in [0.25, 0.3) is 17.2 Å². The maximum absolute atomic E-state index is 13.1. The van der Waals surface area contributed by atoms with Crippen LogP contribution in [-0.4, -0.2) is 52.0 Å². The van der Waals surface area contributed by atoms with Gasteiger partial charge in [0.2, 0.25) is 0 Å². The number of hydrogen-bond donors (Lipinski definition) is 1. The van der Waals surface area contributed by atoms with Crippen molar-refractivity contribution in [2.24, 2.45) is 5.92 Å². The third-order valence-corrected chi connectivity index (χ3v) is 7.21. The first kappa shape index (κ1) is 27.9. The largest absolute Gasteiger partial charge is 0.491 e. The summed E-state index contributed by atoms with van der Waals surface area (Å²) < 4.78 is 17.1. The molecule has 1 saturated heterocycles. The predicted molar refractivity (Wildman–Crippen MR) is 154 cm³/mol. The van der Waals surface area contributed by atoms with Crippen LogP contribution in [-0.2, 0) is 14.3 Å². The summed E-state index contributed by atoms with van der Waals surface area (Å²) in [7, 11) is 0. The lowest BCUT2D eigenvalue weighted by molar-refractivity contribution is -0.116. The van der Waals surface area contributed by atoms with Gasteiger partial charge < -0.3 is 24.4 Å². The Kier molecular flexibility index (Phi) is 10.4. The van der Waals surface area contributed by atoms with Crippen LogP contribution in [0, 0.1) is 5.92 Å². The summed E-state index contributed by atoms with van der Waals surface area (Å²) in [5.41, 5.74) is 6.15. The van der Waals surface area contributed by atoms with Crippen molar-refractivity contribution in [2.75, 3.05) is 51.0 Å². The number of hydrogen-bond acceptors (Lipinski definition) is 5. The van der Waals surface area contributed by atoms with Gasteiger partial charge in [0, 0.05) is 49.2 Å². The first-order valence-corrected chi connectivity index (χ1v) is 14.0. The maximum atomic E-state index is 13.1. The van der Waals surface area contributed by atoms with Gasteiger partial charge in [0.05, 0.1) is 13.2 Å². The number of carbonyl (C=O) groups is 1. The molecular formula is C32H42N2O4. The third-order valence-electron chi connectivity index (χ3n) is 7.21. The van der Waals surface area contributed by atoms with Gasteiger partial charge in [-0.25, -0.2) is 0 Å². The molecule has 1 N–H and O–H groups in total. The summed E-state index contributed by atoms with van der Waals surface area (Å²) >= 11 is 0. The quantitative estimate of drug-likeness (QED) is 0.338. The van der Waals surface area contributed by atoms with E-state index in [-0.39, 0.29) is 5.91 Å². The molecule has 2 aliphatic rings. The van der Waals surface area contributed by atoms with Crippen LogP contribution in [0.15, 0.2) is 59.8 Å². The van der Waals surface area contributed by atoms with E-state index in [9.17, 15) is 4.79 Å². The number of nitrogens with one attached hydrogen (secondary N) is 1. The highest BCUT2D eigenvalue weighted by Crippen LogP contribution is 2.34. The zero-order valence-electron chi connectivity index (χ0n) is 23.1. The average Bonchev–Trinajstić information content (AvgIpc) is 3.38. The fourth-order valence-corrected chi connectivity index (χ4v) is 4.82. The van der Waals surface area contributed by atoms with Crippen LogP contribution in [0.1, 0.15) is 52.0 Å². The molecule has 6 heteroatoms. The molecule has 38 heavy (non-hydrogen) atoms. The van der Waals surface area contributed by atoms with Gasteiger partial charge in [0.1, 0.15) is 12.4 Å². The first-order chi connectivity index (χ1) is 18.6. The molecule has 0 aromatic heterocycles. The molecule has 1 fully saturated rings. The Hall–Kier alpha value is -3.09. The predicted octanol–water partition coefficient (Wildman–Crippen LogP) is 6.22. The van der Waals surface area contributed by atoms with Crippen molar-refractivity contribution in [1.82, 2.24) is 5.32 Å². The molecule has 0 saturated carbocycles. The SMILES string of the molecule is C/C=C(\C)NC(=O)C1=Cc2cc(-c3ccc(OCCOCCCC)cc3)ccc2N(CC2CCOC2)CC1. The molecule has 6 nitrogen and oxygen atoms in total. The zero-order valence-corrected chi connectivity index (χ0v) is 23.1. The lowest BCUT2D eigenvalue weighted by atomic mass is 9.99. The highest BCUT2D eigenvalue weighted by Gasteiger charge is 2.24. The molecule has 1 atom stereocenters. The Morgan fingerprint density at radius 1 is 1.13 bits per heavy atom. The number of carbonyl (C=O) groups excluding carboxylic acids is 1. The number of nitrogens with zero attached hydrogens (tertiary/aromatic N) is 1. The van der Waals surface area contributed by atoms with Crippen LogP contribution in [0.3, 0.4) is 0 Å². The third kappa shape index (κ3) is 7.71. The summed E-state index contributed by atoms with van der Waals surface area (Å²) in [4.78, 5) is 15.5. The number of anilines is 1. The Morgan fingerprint density at radius 2 is 1.95 bits per heavy atom. The van der Waals surface area contributed by atoms with E-state index in [1.54, 1.807) is 0 Å². The minimum Gasteiger partial charge on any atom is -0.491 e. The number of benzene rings is 2. The van der Waals surface area contributed by atoms with Crippen molar-refractivity contribution in [2.45, 2.75) is 46.5 Å². The monoisotopic (exact) mass is 518 g/mol. The standard InChI is InChI=1S/C32H42N2O4/c1-4-6-16-36-18-19-38-30-10-7-26(8-11-30)27-9-12-31-29(20-27)21-28(32(35)33-24(3)5-2)13-15-34(31)22-25-14-17-37-23-25/h5,7-12,20-21,25H,4,6,13-19,22-23H2,1-3H3,(H,33,35)/b24-5+. The molecule has 2 aliphatic heterocycles. The minimum atomic E-state index is -0.0248. The summed E-state index contributed by atoms with van der Waals surface area (Å²) in [6, 6.07) is 14.8. The van der Waals surface area contributed by atoms with E-state index in [4.69, 9.17) is 14.2 Å². The fraction of sp³-hybridized carbons (Fsp3) is 0.469. The molecule has 1 unspecified atom stereocenters. The average molecular weight is 519 g/mol. The van der Waals surface area contributed by atoms with Gasteiger partial charge in [-0.1, -0.05) is 37.6 Å².